The van der Waals surface area contributed by atoms with Crippen molar-refractivity contribution in [2.24, 2.45) is 5.92 Å². The van der Waals surface area contributed by atoms with Crippen LogP contribution in [0.25, 0.3) is 0 Å². The molecule has 106 valence electrons. The van der Waals surface area contributed by atoms with Gasteiger partial charge in [-0.2, -0.15) is 0 Å². The molecule has 4 heteroatoms. The summed E-state index contributed by atoms with van der Waals surface area (Å²) in [6.45, 7) is 0.747. The second-order valence-electron chi connectivity index (χ2n) is 5.94. The SMILES string of the molecule is OC(c1ccoc1Cl)C1CCOC2(CCCCC2)C1. The predicted octanol–water partition coefficient (Wildman–Crippen LogP) is 4.10. The average molecular weight is 285 g/mol. The number of aliphatic hydroxyl groups excluding tert-OH is 1. The maximum absolute atomic E-state index is 10.5. The third-order valence-corrected chi connectivity index (χ3v) is 5.01. The Labute approximate surface area is 118 Å². The second-order valence-corrected chi connectivity index (χ2v) is 6.28. The van der Waals surface area contributed by atoms with E-state index < -0.39 is 6.10 Å². The smallest absolute Gasteiger partial charge is 0.198 e. The molecule has 0 amide bonds. The molecule has 0 aromatic carbocycles. The third kappa shape index (κ3) is 2.69. The van der Waals surface area contributed by atoms with Gasteiger partial charge in [0.25, 0.3) is 0 Å². The Morgan fingerprint density at radius 1 is 1.32 bits per heavy atom. The van der Waals surface area contributed by atoms with Crippen molar-refractivity contribution in [3.8, 4) is 0 Å². The van der Waals surface area contributed by atoms with Gasteiger partial charge in [0.1, 0.15) is 0 Å². The topological polar surface area (TPSA) is 42.6 Å². The lowest BCUT2D eigenvalue weighted by atomic mass is 9.74. The molecular weight excluding hydrogens is 264 g/mol. The van der Waals surface area contributed by atoms with Gasteiger partial charge in [-0.1, -0.05) is 19.3 Å². The Kier molecular flexibility index (Phi) is 3.88. The maximum atomic E-state index is 10.5. The summed E-state index contributed by atoms with van der Waals surface area (Å²) in [7, 11) is 0. The summed E-state index contributed by atoms with van der Waals surface area (Å²) in [5.41, 5.74) is 0.734. The molecule has 2 heterocycles. The molecular formula is C15H21ClO3. The fourth-order valence-corrected chi connectivity index (χ4v) is 3.88. The van der Waals surface area contributed by atoms with Crippen LogP contribution in [0.2, 0.25) is 5.22 Å². The van der Waals surface area contributed by atoms with Gasteiger partial charge in [-0.25, -0.2) is 0 Å². The van der Waals surface area contributed by atoms with Gasteiger partial charge < -0.3 is 14.3 Å². The minimum Gasteiger partial charge on any atom is -0.453 e. The van der Waals surface area contributed by atoms with Crippen LogP contribution in [0.15, 0.2) is 16.7 Å². The molecule has 1 saturated heterocycles. The van der Waals surface area contributed by atoms with E-state index in [1.54, 1.807) is 6.07 Å². The first-order chi connectivity index (χ1) is 9.20. The molecule has 19 heavy (non-hydrogen) atoms. The van der Waals surface area contributed by atoms with Crippen molar-refractivity contribution < 1.29 is 14.3 Å². The Hall–Kier alpha value is -0.510. The van der Waals surface area contributed by atoms with Crippen LogP contribution < -0.4 is 0 Å². The van der Waals surface area contributed by atoms with Gasteiger partial charge >= 0.3 is 0 Å². The van der Waals surface area contributed by atoms with Crippen molar-refractivity contribution in [3.05, 3.63) is 23.1 Å². The zero-order valence-electron chi connectivity index (χ0n) is 11.1. The van der Waals surface area contributed by atoms with Gasteiger partial charge in [0.05, 0.1) is 18.0 Å². The summed E-state index contributed by atoms with van der Waals surface area (Å²) in [6, 6.07) is 1.77. The number of ether oxygens (including phenoxy) is 1. The maximum Gasteiger partial charge on any atom is 0.198 e. The number of rotatable bonds is 2. The third-order valence-electron chi connectivity index (χ3n) is 4.71. The lowest BCUT2D eigenvalue weighted by molar-refractivity contribution is -0.134. The summed E-state index contributed by atoms with van der Waals surface area (Å²) in [5, 5.41) is 10.8. The Morgan fingerprint density at radius 3 is 2.79 bits per heavy atom. The van der Waals surface area contributed by atoms with Crippen LogP contribution in [0.5, 0.6) is 0 Å². The highest BCUT2D eigenvalue weighted by molar-refractivity contribution is 6.29. The molecule has 0 bridgehead atoms. The van der Waals surface area contributed by atoms with Crippen molar-refractivity contribution in [2.45, 2.75) is 56.7 Å². The summed E-state index contributed by atoms with van der Waals surface area (Å²) in [4.78, 5) is 0. The van der Waals surface area contributed by atoms with Gasteiger partial charge in [0.15, 0.2) is 5.22 Å². The monoisotopic (exact) mass is 284 g/mol. The molecule has 1 saturated carbocycles. The van der Waals surface area contributed by atoms with E-state index in [0.717, 1.165) is 37.9 Å². The van der Waals surface area contributed by atoms with Crippen molar-refractivity contribution in [1.29, 1.82) is 0 Å². The molecule has 2 atom stereocenters. The van der Waals surface area contributed by atoms with Crippen LogP contribution in [0, 0.1) is 5.92 Å². The van der Waals surface area contributed by atoms with Crippen LogP contribution in [0.3, 0.4) is 0 Å². The number of hydrogen-bond donors (Lipinski definition) is 1. The van der Waals surface area contributed by atoms with E-state index in [2.05, 4.69) is 0 Å². The molecule has 1 aliphatic carbocycles. The molecule has 2 unspecified atom stereocenters. The van der Waals surface area contributed by atoms with Gasteiger partial charge in [-0.15, -0.1) is 0 Å². The molecule has 1 aromatic heterocycles. The quantitative estimate of drug-likeness (QED) is 0.889. The van der Waals surface area contributed by atoms with E-state index in [4.69, 9.17) is 20.8 Å². The highest BCUT2D eigenvalue weighted by Gasteiger charge is 2.41. The lowest BCUT2D eigenvalue weighted by Gasteiger charge is -2.44. The van der Waals surface area contributed by atoms with E-state index in [9.17, 15) is 5.11 Å². The summed E-state index contributed by atoms with van der Waals surface area (Å²) < 4.78 is 11.2. The van der Waals surface area contributed by atoms with E-state index in [-0.39, 0.29) is 11.5 Å². The van der Waals surface area contributed by atoms with Crippen LogP contribution in [-0.2, 0) is 4.74 Å². The Morgan fingerprint density at radius 2 is 2.11 bits per heavy atom. The van der Waals surface area contributed by atoms with Gasteiger partial charge in [0, 0.05) is 12.2 Å². The van der Waals surface area contributed by atoms with Crippen LogP contribution in [-0.4, -0.2) is 17.3 Å². The Balaban J connectivity index is 1.72. The van der Waals surface area contributed by atoms with E-state index in [0.29, 0.717) is 5.22 Å². The fraction of sp³-hybridized carbons (Fsp3) is 0.733. The summed E-state index contributed by atoms with van der Waals surface area (Å²) in [5.74, 6) is 0.224. The molecule has 2 fully saturated rings. The number of halogens is 1. The molecule has 3 nitrogen and oxygen atoms in total. The van der Waals surface area contributed by atoms with Crippen molar-refractivity contribution in [1.82, 2.24) is 0 Å². The molecule has 1 N–H and O–H groups in total. The zero-order valence-corrected chi connectivity index (χ0v) is 11.9. The normalized spacial score (nSPS) is 28.4. The van der Waals surface area contributed by atoms with E-state index in [1.165, 1.54) is 25.5 Å². The summed E-state index contributed by atoms with van der Waals surface area (Å²) >= 11 is 5.97. The second kappa shape index (κ2) is 5.47. The minimum atomic E-state index is -0.533. The first kappa shape index (κ1) is 13.5. The lowest BCUT2D eigenvalue weighted by Crippen LogP contribution is -2.42. The van der Waals surface area contributed by atoms with Crippen molar-refractivity contribution in [2.75, 3.05) is 6.61 Å². The number of furan rings is 1. The fourth-order valence-electron chi connectivity index (χ4n) is 3.65. The summed E-state index contributed by atoms with van der Waals surface area (Å²) in [6.07, 6.45) is 8.91. The molecule has 2 aliphatic rings. The highest BCUT2D eigenvalue weighted by atomic mass is 35.5. The largest absolute Gasteiger partial charge is 0.453 e. The first-order valence-electron chi connectivity index (χ1n) is 7.25. The minimum absolute atomic E-state index is 0.0123. The van der Waals surface area contributed by atoms with Gasteiger partial charge in [-0.05, 0) is 49.3 Å². The standard InChI is InChI=1S/C15H21ClO3/c16-14-12(5-8-18-14)13(17)11-4-9-19-15(10-11)6-2-1-3-7-15/h5,8,11,13,17H,1-4,6-7,9-10H2. The van der Waals surface area contributed by atoms with E-state index in [1.807, 2.05) is 0 Å². The van der Waals surface area contributed by atoms with Gasteiger partial charge in [0.2, 0.25) is 0 Å². The highest BCUT2D eigenvalue weighted by Crippen LogP contribution is 2.45. The number of hydrogen-bond acceptors (Lipinski definition) is 3. The van der Waals surface area contributed by atoms with Crippen molar-refractivity contribution >= 4 is 11.6 Å². The molecule has 0 radical (unpaired) electrons. The van der Waals surface area contributed by atoms with Crippen LogP contribution >= 0.6 is 11.6 Å². The first-order valence-corrected chi connectivity index (χ1v) is 7.63. The van der Waals surface area contributed by atoms with Crippen LogP contribution in [0.1, 0.15) is 56.6 Å². The predicted molar refractivity (Wildman–Crippen MR) is 73.2 cm³/mol. The van der Waals surface area contributed by atoms with Crippen molar-refractivity contribution in [3.63, 3.8) is 0 Å². The molecule has 3 rings (SSSR count). The molecule has 1 aliphatic heterocycles. The molecule has 1 aromatic rings. The van der Waals surface area contributed by atoms with Gasteiger partial charge in [-0.3, -0.25) is 0 Å². The van der Waals surface area contributed by atoms with E-state index >= 15 is 0 Å². The number of aliphatic hydroxyl groups is 1. The Bertz CT molecular complexity index is 417. The van der Waals surface area contributed by atoms with Crippen LogP contribution in [0.4, 0.5) is 0 Å². The zero-order chi connectivity index (χ0) is 13.3. The average Bonchev–Trinajstić information content (AvgIpc) is 2.85. The molecule has 1 spiro atoms.